The number of anilines is 1. The molecule has 0 atom stereocenters. The summed E-state index contributed by atoms with van der Waals surface area (Å²) in [5, 5.41) is 2.48. The first-order valence-electron chi connectivity index (χ1n) is 5.61. The van der Waals surface area contributed by atoms with Crippen molar-refractivity contribution in [2.75, 3.05) is 31.2 Å². The van der Waals surface area contributed by atoms with Gasteiger partial charge in [-0.15, -0.1) is 17.0 Å². The Morgan fingerprint density at radius 3 is 2.56 bits per heavy atom. The normalized spacial score (nSPS) is 14.8. The van der Waals surface area contributed by atoms with E-state index in [1.54, 1.807) is 0 Å². The number of nitrogens with zero attached hydrogens (tertiary/aromatic N) is 2. The first kappa shape index (κ1) is 14.9. The zero-order valence-corrected chi connectivity index (χ0v) is 11.7. The van der Waals surface area contributed by atoms with Crippen molar-refractivity contribution in [2.24, 2.45) is 0 Å². The lowest BCUT2D eigenvalue weighted by Crippen LogP contribution is -2.36. The fraction of sp³-hybridized carbons (Fsp3) is 0.308. The van der Waals surface area contributed by atoms with Gasteiger partial charge < -0.3 is 15.1 Å². The summed E-state index contributed by atoms with van der Waals surface area (Å²) < 4.78 is 5.36. The Bertz CT molecular complexity index is 496. The smallest absolute Gasteiger partial charge is 0.136 e. The molecule has 4 nitrogen and oxygen atoms in total. The Kier molecular flexibility index (Phi) is 5.53. The molecule has 1 aromatic heterocycles. The Hall–Kier alpha value is -1.17. The van der Waals surface area contributed by atoms with Crippen LogP contribution in [-0.4, -0.2) is 36.8 Å². The van der Waals surface area contributed by atoms with Crippen LogP contribution in [0.5, 0.6) is 0 Å². The SMILES string of the molecule is Br.O.c1ccc2c(N3CCOCC3)nccc2c1. The zero-order valence-electron chi connectivity index (χ0n) is 10.0. The van der Waals surface area contributed by atoms with E-state index in [4.69, 9.17) is 4.74 Å². The number of aromatic nitrogens is 1. The van der Waals surface area contributed by atoms with Gasteiger partial charge in [0.2, 0.25) is 0 Å². The number of hydrogen-bond donors (Lipinski definition) is 0. The Morgan fingerprint density at radius 1 is 1.06 bits per heavy atom. The molecule has 5 heteroatoms. The quantitative estimate of drug-likeness (QED) is 0.807. The second-order valence-corrected chi connectivity index (χ2v) is 3.96. The van der Waals surface area contributed by atoms with Crippen LogP contribution in [0.3, 0.4) is 0 Å². The Balaban J connectivity index is 0.000000810. The third kappa shape index (κ3) is 2.80. The van der Waals surface area contributed by atoms with Crippen molar-refractivity contribution >= 4 is 33.6 Å². The number of benzene rings is 1. The van der Waals surface area contributed by atoms with E-state index in [-0.39, 0.29) is 22.5 Å². The van der Waals surface area contributed by atoms with Crippen molar-refractivity contribution in [3.63, 3.8) is 0 Å². The predicted molar refractivity (Wildman–Crippen MR) is 78.7 cm³/mol. The number of pyridine rings is 1. The van der Waals surface area contributed by atoms with Crippen LogP contribution in [0, 0.1) is 0 Å². The van der Waals surface area contributed by atoms with Gasteiger partial charge in [0.25, 0.3) is 0 Å². The molecule has 0 unspecified atom stereocenters. The summed E-state index contributed by atoms with van der Waals surface area (Å²) in [4.78, 5) is 6.80. The monoisotopic (exact) mass is 312 g/mol. The maximum Gasteiger partial charge on any atom is 0.136 e. The number of morpholine rings is 1. The molecule has 0 radical (unpaired) electrons. The van der Waals surface area contributed by atoms with Gasteiger partial charge in [-0.25, -0.2) is 4.98 Å². The van der Waals surface area contributed by atoms with E-state index < -0.39 is 0 Å². The molecule has 2 heterocycles. The van der Waals surface area contributed by atoms with Crippen LogP contribution in [0.25, 0.3) is 10.8 Å². The third-order valence-corrected chi connectivity index (χ3v) is 2.96. The van der Waals surface area contributed by atoms with Crippen LogP contribution in [0.4, 0.5) is 5.82 Å². The van der Waals surface area contributed by atoms with E-state index in [2.05, 4.69) is 40.2 Å². The van der Waals surface area contributed by atoms with Crippen molar-refractivity contribution in [2.45, 2.75) is 0 Å². The van der Waals surface area contributed by atoms with Crippen LogP contribution in [0.1, 0.15) is 0 Å². The van der Waals surface area contributed by atoms with Gasteiger partial charge in [-0.05, 0) is 11.5 Å². The molecular formula is C13H17BrN2O2. The molecule has 2 aromatic rings. The Morgan fingerprint density at radius 2 is 1.78 bits per heavy atom. The fourth-order valence-corrected chi connectivity index (χ4v) is 2.13. The van der Waals surface area contributed by atoms with Gasteiger partial charge in [0.05, 0.1) is 13.2 Å². The van der Waals surface area contributed by atoms with Crippen LogP contribution in [-0.2, 0) is 4.74 Å². The van der Waals surface area contributed by atoms with E-state index in [1.165, 1.54) is 10.8 Å². The highest BCUT2D eigenvalue weighted by Gasteiger charge is 2.14. The summed E-state index contributed by atoms with van der Waals surface area (Å²) in [5.41, 5.74) is 0. The van der Waals surface area contributed by atoms with E-state index in [0.29, 0.717) is 0 Å². The third-order valence-electron chi connectivity index (χ3n) is 2.96. The van der Waals surface area contributed by atoms with Crippen molar-refractivity contribution in [3.05, 3.63) is 36.5 Å². The standard InChI is InChI=1S/C13H14N2O.BrH.H2O/c1-2-4-12-11(3-1)5-6-14-13(12)15-7-9-16-10-8-15;;/h1-6H,7-10H2;1H;1H2. The maximum atomic E-state index is 5.36. The average Bonchev–Trinajstić information content (AvgIpc) is 2.39. The second-order valence-electron chi connectivity index (χ2n) is 3.96. The van der Waals surface area contributed by atoms with Gasteiger partial charge in [0.1, 0.15) is 5.82 Å². The van der Waals surface area contributed by atoms with Gasteiger partial charge in [0.15, 0.2) is 0 Å². The molecule has 0 saturated carbocycles. The van der Waals surface area contributed by atoms with Crippen molar-refractivity contribution in [1.29, 1.82) is 0 Å². The lowest BCUT2D eigenvalue weighted by atomic mass is 10.1. The molecule has 0 amide bonds. The van der Waals surface area contributed by atoms with Gasteiger partial charge in [-0.3, -0.25) is 0 Å². The zero-order chi connectivity index (χ0) is 10.8. The van der Waals surface area contributed by atoms with Crippen LogP contribution >= 0.6 is 17.0 Å². The molecule has 18 heavy (non-hydrogen) atoms. The molecular weight excluding hydrogens is 296 g/mol. The molecule has 3 rings (SSSR count). The van der Waals surface area contributed by atoms with Crippen LogP contribution < -0.4 is 4.90 Å². The van der Waals surface area contributed by atoms with Crippen LogP contribution in [0.15, 0.2) is 36.5 Å². The summed E-state index contributed by atoms with van der Waals surface area (Å²) >= 11 is 0. The summed E-state index contributed by atoms with van der Waals surface area (Å²) in [5.74, 6) is 1.08. The number of halogens is 1. The summed E-state index contributed by atoms with van der Waals surface area (Å²) in [7, 11) is 0. The van der Waals surface area contributed by atoms with E-state index in [0.717, 1.165) is 32.1 Å². The minimum absolute atomic E-state index is 0. The minimum atomic E-state index is 0. The largest absolute Gasteiger partial charge is 0.412 e. The van der Waals surface area contributed by atoms with E-state index >= 15 is 0 Å². The Labute approximate surface area is 117 Å². The first-order valence-corrected chi connectivity index (χ1v) is 5.61. The number of rotatable bonds is 1. The molecule has 0 aliphatic carbocycles. The fourth-order valence-electron chi connectivity index (χ4n) is 2.13. The number of fused-ring (bicyclic) bond motifs is 1. The van der Waals surface area contributed by atoms with Gasteiger partial charge >= 0.3 is 0 Å². The molecule has 0 spiro atoms. The van der Waals surface area contributed by atoms with Gasteiger partial charge in [-0.1, -0.05) is 24.3 Å². The average molecular weight is 313 g/mol. The molecule has 1 saturated heterocycles. The molecule has 98 valence electrons. The van der Waals surface area contributed by atoms with E-state index in [1.807, 2.05) is 6.20 Å². The maximum absolute atomic E-state index is 5.36. The lowest BCUT2D eigenvalue weighted by molar-refractivity contribution is 0.122. The van der Waals surface area contributed by atoms with Gasteiger partial charge in [-0.2, -0.15) is 0 Å². The highest BCUT2D eigenvalue weighted by Crippen LogP contribution is 2.24. The molecule has 1 aliphatic heterocycles. The predicted octanol–water partition coefficient (Wildman–Crippen LogP) is 1.82. The summed E-state index contributed by atoms with van der Waals surface area (Å²) in [6.45, 7) is 3.46. The van der Waals surface area contributed by atoms with Crippen molar-refractivity contribution < 1.29 is 10.2 Å². The number of ether oxygens (including phenoxy) is 1. The highest BCUT2D eigenvalue weighted by molar-refractivity contribution is 8.93. The van der Waals surface area contributed by atoms with Crippen molar-refractivity contribution in [1.82, 2.24) is 4.98 Å². The first-order chi connectivity index (χ1) is 7.95. The topological polar surface area (TPSA) is 56.9 Å². The molecule has 1 aliphatic rings. The molecule has 1 aromatic carbocycles. The lowest BCUT2D eigenvalue weighted by Gasteiger charge is -2.28. The highest BCUT2D eigenvalue weighted by atomic mass is 79.9. The summed E-state index contributed by atoms with van der Waals surface area (Å²) in [6, 6.07) is 10.4. The molecule has 0 bridgehead atoms. The van der Waals surface area contributed by atoms with Gasteiger partial charge in [0, 0.05) is 24.7 Å². The minimum Gasteiger partial charge on any atom is -0.412 e. The van der Waals surface area contributed by atoms with E-state index in [9.17, 15) is 0 Å². The van der Waals surface area contributed by atoms with Crippen molar-refractivity contribution in [3.8, 4) is 0 Å². The number of hydrogen-bond acceptors (Lipinski definition) is 3. The molecule has 2 N–H and O–H groups in total. The molecule has 1 fully saturated rings. The second kappa shape index (κ2) is 6.68. The summed E-state index contributed by atoms with van der Waals surface area (Å²) in [6.07, 6.45) is 1.88. The van der Waals surface area contributed by atoms with Crippen LogP contribution in [0.2, 0.25) is 0 Å².